The Labute approximate surface area is 203 Å². The maximum absolute atomic E-state index is 6.18. The topological polar surface area (TPSA) is 51.6 Å². The molecule has 1 aromatic heterocycles. The fraction of sp³-hybridized carbons (Fsp3) is 0.393. The molecule has 0 saturated carbocycles. The van der Waals surface area contributed by atoms with Crippen LogP contribution in [0.3, 0.4) is 0 Å². The molecule has 1 unspecified atom stereocenters. The lowest BCUT2D eigenvalue weighted by molar-refractivity contribution is -0.0471. The zero-order valence-electron chi connectivity index (χ0n) is 20.7. The summed E-state index contributed by atoms with van der Waals surface area (Å²) in [6, 6.07) is 16.8. The quantitative estimate of drug-likeness (QED) is 0.542. The number of piperidine rings is 1. The van der Waals surface area contributed by atoms with Gasteiger partial charge < -0.3 is 9.30 Å². The van der Waals surface area contributed by atoms with Crippen LogP contribution in [0.2, 0.25) is 0 Å². The van der Waals surface area contributed by atoms with Crippen LogP contribution < -0.4 is 10.2 Å². The van der Waals surface area contributed by atoms with Crippen molar-refractivity contribution in [1.82, 2.24) is 19.9 Å². The summed E-state index contributed by atoms with van der Waals surface area (Å²) in [5.74, 6) is 0.832. The number of fused-ring (bicyclic) bond motifs is 1. The molecule has 2 atom stereocenters. The average molecular weight is 461 g/mol. The van der Waals surface area contributed by atoms with E-state index in [9.17, 15) is 0 Å². The highest BCUT2D eigenvalue weighted by Crippen LogP contribution is 2.31. The van der Waals surface area contributed by atoms with Crippen LogP contribution >= 0.6 is 0 Å². The van der Waals surface area contributed by atoms with E-state index in [2.05, 4.69) is 63.9 Å². The van der Waals surface area contributed by atoms with Crippen molar-refractivity contribution in [1.29, 1.82) is 0 Å². The second kappa shape index (κ2) is 11.5. The Morgan fingerprint density at radius 3 is 2.68 bits per heavy atom. The molecule has 1 N–H and O–H groups in total. The van der Waals surface area contributed by atoms with Crippen LogP contribution in [0.5, 0.6) is 5.75 Å². The van der Waals surface area contributed by atoms with Crippen molar-refractivity contribution in [3.05, 3.63) is 83.4 Å². The minimum absolute atomic E-state index is 0.0704. The molecule has 2 saturated heterocycles. The number of rotatable bonds is 4. The van der Waals surface area contributed by atoms with Crippen LogP contribution in [0.15, 0.2) is 66.6 Å². The smallest absolute Gasteiger partial charge is 0.143 e. The van der Waals surface area contributed by atoms with Crippen molar-refractivity contribution in [2.45, 2.75) is 52.3 Å². The second-order valence-electron chi connectivity index (χ2n) is 8.54. The van der Waals surface area contributed by atoms with E-state index in [1.165, 1.54) is 11.1 Å². The van der Waals surface area contributed by atoms with Crippen LogP contribution in [0, 0.1) is 6.92 Å². The number of nitrogens with one attached hydrogen (secondary N) is 1. The Hall–Kier alpha value is -2.93. The maximum atomic E-state index is 6.18. The third-order valence-corrected chi connectivity index (χ3v) is 6.34. The Bertz CT molecular complexity index is 1090. The fourth-order valence-electron chi connectivity index (χ4n) is 4.68. The van der Waals surface area contributed by atoms with Crippen LogP contribution in [0.1, 0.15) is 56.0 Å². The van der Waals surface area contributed by atoms with Crippen molar-refractivity contribution >= 4 is 6.08 Å². The molecule has 34 heavy (non-hydrogen) atoms. The molecule has 0 amide bonds. The molecule has 180 valence electrons. The second-order valence-corrected chi connectivity index (χ2v) is 8.54. The van der Waals surface area contributed by atoms with Crippen LogP contribution in [0.4, 0.5) is 0 Å². The monoisotopic (exact) mass is 460 g/mol. The molecular formula is C28H36N4O2. The van der Waals surface area contributed by atoms with Crippen LogP contribution in [0.25, 0.3) is 11.8 Å². The molecule has 3 heterocycles. The number of nitrogens with zero attached hydrogens (tertiary/aromatic N) is 3. The number of hydrogen-bond acceptors (Lipinski definition) is 5. The van der Waals surface area contributed by atoms with Gasteiger partial charge in [-0.15, -0.1) is 0 Å². The first-order chi connectivity index (χ1) is 16.7. The van der Waals surface area contributed by atoms with Gasteiger partial charge in [-0.2, -0.15) is 5.48 Å². The molecule has 2 aliphatic heterocycles. The van der Waals surface area contributed by atoms with Crippen LogP contribution in [-0.2, 0) is 4.84 Å². The summed E-state index contributed by atoms with van der Waals surface area (Å²) in [4.78, 5) is 13.0. The number of hydroxylamine groups is 1. The molecule has 2 fully saturated rings. The fourth-order valence-corrected chi connectivity index (χ4v) is 4.68. The summed E-state index contributed by atoms with van der Waals surface area (Å²) < 4.78 is 7.70. The van der Waals surface area contributed by atoms with Gasteiger partial charge in [-0.1, -0.05) is 56.3 Å². The lowest BCUT2D eigenvalue weighted by Crippen LogP contribution is -2.48. The molecule has 0 radical (unpaired) electrons. The van der Waals surface area contributed by atoms with Gasteiger partial charge in [-0.05, 0) is 55.0 Å². The van der Waals surface area contributed by atoms with Gasteiger partial charge >= 0.3 is 0 Å². The molecule has 0 bridgehead atoms. The molecule has 5 rings (SSSR count). The number of ether oxygens (including phenoxy) is 1. The predicted octanol–water partition coefficient (Wildman–Crippen LogP) is 5.69. The molecule has 0 aliphatic carbocycles. The third kappa shape index (κ3) is 5.41. The Morgan fingerprint density at radius 2 is 1.94 bits per heavy atom. The van der Waals surface area contributed by atoms with E-state index in [0.717, 1.165) is 55.0 Å². The molecule has 0 spiro atoms. The molecule has 2 aromatic carbocycles. The summed E-state index contributed by atoms with van der Waals surface area (Å²) in [6.45, 7) is 8.08. The highest BCUT2D eigenvalue weighted by Gasteiger charge is 2.31. The molecular weight excluding hydrogens is 424 g/mol. The largest absolute Gasteiger partial charge is 0.495 e. The summed E-state index contributed by atoms with van der Waals surface area (Å²) >= 11 is 0. The summed E-state index contributed by atoms with van der Waals surface area (Å²) in [5, 5.41) is 0. The van der Waals surface area contributed by atoms with Gasteiger partial charge in [0.15, 0.2) is 0 Å². The number of aromatic nitrogens is 2. The third-order valence-electron chi connectivity index (χ3n) is 6.34. The minimum atomic E-state index is 0.0704. The Morgan fingerprint density at radius 1 is 1.12 bits per heavy atom. The summed E-state index contributed by atoms with van der Waals surface area (Å²) in [6.07, 6.45) is 9.46. The van der Waals surface area contributed by atoms with Gasteiger partial charge in [0.2, 0.25) is 0 Å². The van der Waals surface area contributed by atoms with Gasteiger partial charge in [0, 0.05) is 19.3 Å². The zero-order valence-corrected chi connectivity index (χ0v) is 20.7. The average Bonchev–Trinajstić information content (AvgIpc) is 3.19. The van der Waals surface area contributed by atoms with E-state index in [-0.39, 0.29) is 12.3 Å². The minimum Gasteiger partial charge on any atom is -0.495 e. The number of methoxy groups -OCH3 is 1. The van der Waals surface area contributed by atoms with Gasteiger partial charge in [0.05, 0.1) is 24.8 Å². The highest BCUT2D eigenvalue weighted by atomic mass is 16.7. The lowest BCUT2D eigenvalue weighted by atomic mass is 9.98. The predicted molar refractivity (Wildman–Crippen MR) is 137 cm³/mol. The van der Waals surface area contributed by atoms with Crippen molar-refractivity contribution in [2.75, 3.05) is 20.2 Å². The number of benzene rings is 2. The van der Waals surface area contributed by atoms with E-state index in [4.69, 9.17) is 9.57 Å². The standard InChI is InChI=1S/C26H30N4O2.C2H6/c1-19-17-30(18-27-19)23-11-10-20(16-25(23)31-2)15-22-9-6-13-29-14-12-24(32-28-26(22)29)21-7-4-3-5-8-21;1-2/h3-5,7-8,10-11,15-18,24,26,28H,6,9,12-14H2,1-2H3;1-2H3/b22-15+;/t24-,26?;/m0./s1. The van der Waals surface area contributed by atoms with Gasteiger partial charge in [-0.25, -0.2) is 4.98 Å². The molecule has 2 aliphatic rings. The van der Waals surface area contributed by atoms with E-state index in [1.54, 1.807) is 7.11 Å². The molecule has 6 nitrogen and oxygen atoms in total. The van der Waals surface area contributed by atoms with E-state index >= 15 is 0 Å². The highest BCUT2D eigenvalue weighted by molar-refractivity contribution is 5.61. The first-order valence-electron chi connectivity index (χ1n) is 12.3. The van der Waals surface area contributed by atoms with Crippen molar-refractivity contribution < 1.29 is 9.57 Å². The zero-order chi connectivity index (χ0) is 23.9. The Balaban J connectivity index is 0.00000133. The normalized spacial score (nSPS) is 21.8. The van der Waals surface area contributed by atoms with E-state index in [0.29, 0.717) is 0 Å². The van der Waals surface area contributed by atoms with Gasteiger partial charge in [0.1, 0.15) is 18.0 Å². The molecule has 3 aromatic rings. The van der Waals surface area contributed by atoms with Gasteiger partial charge in [-0.3, -0.25) is 9.74 Å². The van der Waals surface area contributed by atoms with Gasteiger partial charge in [0.25, 0.3) is 0 Å². The summed E-state index contributed by atoms with van der Waals surface area (Å²) in [5.41, 5.74) is 9.05. The molecule has 6 heteroatoms. The first-order valence-corrected chi connectivity index (χ1v) is 12.3. The number of aryl methyl sites for hydroxylation is 1. The lowest BCUT2D eigenvalue weighted by Gasteiger charge is -2.35. The number of hydrogen-bond donors (Lipinski definition) is 1. The van der Waals surface area contributed by atoms with E-state index < -0.39 is 0 Å². The van der Waals surface area contributed by atoms with Crippen molar-refractivity contribution in [3.63, 3.8) is 0 Å². The van der Waals surface area contributed by atoms with Crippen molar-refractivity contribution in [2.24, 2.45) is 0 Å². The van der Waals surface area contributed by atoms with Crippen LogP contribution in [-0.4, -0.2) is 40.8 Å². The summed E-state index contributed by atoms with van der Waals surface area (Å²) in [7, 11) is 1.71. The van der Waals surface area contributed by atoms with E-state index in [1.807, 2.05) is 43.9 Å². The first kappa shape index (κ1) is 24.2. The Kier molecular flexibility index (Phi) is 8.16. The van der Waals surface area contributed by atoms with Crippen molar-refractivity contribution in [3.8, 4) is 11.4 Å². The maximum Gasteiger partial charge on any atom is 0.143 e. The number of imidazole rings is 1. The SMILES string of the molecule is CC.COc1cc(/C=C2\CCCN3CC[C@@H](c4ccccc4)ONC23)ccc1-n1cnc(C)c1.